The van der Waals surface area contributed by atoms with Crippen molar-refractivity contribution in [3.8, 4) is 0 Å². The Kier molecular flexibility index (Phi) is 4.93. The molecule has 0 saturated heterocycles. The number of aryl methyl sites for hydroxylation is 1. The number of benzene rings is 1. The van der Waals surface area contributed by atoms with Gasteiger partial charge in [0, 0.05) is 27.7 Å². The molecule has 1 atom stereocenters. The predicted octanol–water partition coefficient (Wildman–Crippen LogP) is 5.57. The molecule has 1 aliphatic heterocycles. The molecule has 0 bridgehead atoms. The monoisotopic (exact) mass is 387 g/mol. The van der Waals surface area contributed by atoms with Crippen LogP contribution < -0.4 is 0 Å². The van der Waals surface area contributed by atoms with Crippen molar-refractivity contribution in [1.82, 2.24) is 4.90 Å². The van der Waals surface area contributed by atoms with E-state index in [4.69, 9.17) is 11.6 Å². The van der Waals surface area contributed by atoms with E-state index < -0.39 is 0 Å². The molecule has 3 aromatic rings. The largest absolute Gasteiger partial charge is 0.330 e. The second kappa shape index (κ2) is 7.32. The molecule has 128 valence electrons. The first kappa shape index (κ1) is 16.8. The fraction of sp³-hybridized carbons (Fsp3) is 0.250. The topological polar surface area (TPSA) is 20.3 Å². The van der Waals surface area contributed by atoms with Gasteiger partial charge in [0.15, 0.2) is 0 Å². The van der Waals surface area contributed by atoms with Crippen molar-refractivity contribution in [3.05, 3.63) is 79.1 Å². The van der Waals surface area contributed by atoms with E-state index in [-0.39, 0.29) is 11.9 Å². The molecule has 3 heterocycles. The number of nitrogens with zero attached hydrogens (tertiary/aromatic N) is 1. The molecule has 0 N–H and O–H groups in total. The summed E-state index contributed by atoms with van der Waals surface area (Å²) in [6, 6.07) is 14.2. The van der Waals surface area contributed by atoms with Gasteiger partial charge in [-0.3, -0.25) is 4.79 Å². The first-order valence-electron chi connectivity index (χ1n) is 8.36. The lowest BCUT2D eigenvalue weighted by Crippen LogP contribution is -2.39. The third-order valence-corrected chi connectivity index (χ3v) is 6.95. The molecule has 5 heteroatoms. The van der Waals surface area contributed by atoms with Gasteiger partial charge < -0.3 is 4.90 Å². The summed E-state index contributed by atoms with van der Waals surface area (Å²) in [5.74, 6) is 0.204. The number of thiophene rings is 2. The van der Waals surface area contributed by atoms with E-state index in [9.17, 15) is 4.79 Å². The molecule has 0 radical (unpaired) electrons. The first-order valence-corrected chi connectivity index (χ1v) is 10.5. The zero-order valence-electron chi connectivity index (χ0n) is 13.7. The normalized spacial score (nSPS) is 16.7. The molecule has 1 aliphatic rings. The number of rotatable bonds is 4. The number of hydrogen-bond donors (Lipinski definition) is 0. The van der Waals surface area contributed by atoms with E-state index >= 15 is 0 Å². The van der Waals surface area contributed by atoms with Crippen molar-refractivity contribution in [3.63, 3.8) is 0 Å². The maximum Gasteiger partial charge on any atom is 0.223 e. The average Bonchev–Trinajstić information content (AvgIpc) is 3.31. The van der Waals surface area contributed by atoms with Crippen LogP contribution in [0, 0.1) is 0 Å². The number of carbonyl (C=O) groups is 1. The molecule has 0 saturated carbocycles. The van der Waals surface area contributed by atoms with E-state index in [0.717, 1.165) is 23.6 Å². The maximum atomic E-state index is 13.0. The lowest BCUT2D eigenvalue weighted by molar-refractivity contribution is -0.133. The van der Waals surface area contributed by atoms with E-state index in [2.05, 4.69) is 33.9 Å². The highest BCUT2D eigenvalue weighted by molar-refractivity contribution is 7.10. The van der Waals surface area contributed by atoms with Crippen LogP contribution in [0.15, 0.2) is 53.2 Å². The van der Waals surface area contributed by atoms with Gasteiger partial charge in [0.25, 0.3) is 0 Å². The van der Waals surface area contributed by atoms with Crippen LogP contribution in [0.2, 0.25) is 5.02 Å². The van der Waals surface area contributed by atoms with Crippen molar-refractivity contribution in [1.29, 1.82) is 0 Å². The minimum atomic E-state index is 0.0637. The smallest absolute Gasteiger partial charge is 0.223 e. The Morgan fingerprint density at radius 1 is 1.12 bits per heavy atom. The predicted molar refractivity (Wildman–Crippen MR) is 106 cm³/mol. The van der Waals surface area contributed by atoms with E-state index in [1.54, 1.807) is 22.7 Å². The van der Waals surface area contributed by atoms with Gasteiger partial charge in [-0.15, -0.1) is 22.7 Å². The second-order valence-electron chi connectivity index (χ2n) is 6.15. The van der Waals surface area contributed by atoms with Crippen molar-refractivity contribution < 1.29 is 4.79 Å². The van der Waals surface area contributed by atoms with Crippen LogP contribution in [0.1, 0.15) is 33.3 Å². The summed E-state index contributed by atoms with van der Waals surface area (Å²) < 4.78 is 0. The van der Waals surface area contributed by atoms with Crippen LogP contribution in [-0.2, 0) is 17.6 Å². The zero-order valence-corrected chi connectivity index (χ0v) is 16.0. The van der Waals surface area contributed by atoms with Gasteiger partial charge in [-0.2, -0.15) is 0 Å². The van der Waals surface area contributed by atoms with Crippen LogP contribution in [0.4, 0.5) is 0 Å². The molecule has 2 aromatic heterocycles. The number of fused-ring (bicyclic) bond motifs is 1. The molecule has 1 unspecified atom stereocenters. The van der Waals surface area contributed by atoms with Crippen molar-refractivity contribution in [2.75, 3.05) is 6.54 Å². The molecule has 1 aromatic carbocycles. The first-order chi connectivity index (χ1) is 12.2. The van der Waals surface area contributed by atoms with Gasteiger partial charge in [0.2, 0.25) is 5.91 Å². The molecular weight excluding hydrogens is 370 g/mol. The molecule has 4 rings (SSSR count). The third-order valence-electron chi connectivity index (χ3n) is 4.66. The van der Waals surface area contributed by atoms with Crippen LogP contribution in [0.3, 0.4) is 0 Å². The Balaban J connectivity index is 1.56. The maximum absolute atomic E-state index is 13.0. The lowest BCUT2D eigenvalue weighted by Gasteiger charge is -2.35. The summed E-state index contributed by atoms with van der Waals surface area (Å²) in [7, 11) is 0. The van der Waals surface area contributed by atoms with Crippen LogP contribution in [0.5, 0.6) is 0 Å². The highest BCUT2D eigenvalue weighted by Gasteiger charge is 2.33. The fourth-order valence-corrected chi connectivity index (χ4v) is 5.41. The molecule has 0 aliphatic carbocycles. The molecule has 2 nitrogen and oxygen atoms in total. The van der Waals surface area contributed by atoms with Crippen molar-refractivity contribution in [2.45, 2.75) is 25.3 Å². The average molecular weight is 388 g/mol. The van der Waals surface area contributed by atoms with E-state index in [1.165, 1.54) is 15.3 Å². The Bertz CT molecular complexity index is 871. The molecule has 1 amide bonds. The Labute approximate surface area is 160 Å². The lowest BCUT2D eigenvalue weighted by atomic mass is 9.97. The van der Waals surface area contributed by atoms with Crippen molar-refractivity contribution in [2.24, 2.45) is 0 Å². The van der Waals surface area contributed by atoms with Crippen LogP contribution >= 0.6 is 34.3 Å². The van der Waals surface area contributed by atoms with Crippen LogP contribution in [0.25, 0.3) is 0 Å². The van der Waals surface area contributed by atoms with Gasteiger partial charge in [-0.05, 0) is 52.9 Å². The standard InChI is InChI=1S/C20H18ClNOS2/c21-16-5-2-1-4-14(16)7-8-19(23)22-11-9-17-15(10-13-25-17)20(22)18-6-3-12-24-18/h1-6,10,12-13,20H,7-9,11H2. The quantitative estimate of drug-likeness (QED) is 0.573. The molecule has 25 heavy (non-hydrogen) atoms. The second-order valence-corrected chi connectivity index (χ2v) is 8.53. The van der Waals surface area contributed by atoms with Gasteiger partial charge in [0.05, 0.1) is 6.04 Å². The minimum absolute atomic E-state index is 0.0637. The Morgan fingerprint density at radius 2 is 2.00 bits per heavy atom. The summed E-state index contributed by atoms with van der Waals surface area (Å²) in [6.07, 6.45) is 2.13. The highest BCUT2D eigenvalue weighted by atomic mass is 35.5. The molecular formula is C20H18ClNOS2. The SMILES string of the molecule is O=C(CCc1ccccc1Cl)N1CCc2sccc2C1c1cccs1. The minimum Gasteiger partial charge on any atom is -0.330 e. The zero-order chi connectivity index (χ0) is 17.2. The number of halogens is 1. The van der Waals surface area contributed by atoms with Crippen LogP contribution in [-0.4, -0.2) is 17.4 Å². The third kappa shape index (κ3) is 3.39. The molecule has 0 fully saturated rings. The summed E-state index contributed by atoms with van der Waals surface area (Å²) in [5, 5.41) is 4.97. The summed E-state index contributed by atoms with van der Waals surface area (Å²) in [4.78, 5) is 17.7. The number of amides is 1. The highest BCUT2D eigenvalue weighted by Crippen LogP contribution is 2.39. The number of hydrogen-bond acceptors (Lipinski definition) is 3. The van der Waals surface area contributed by atoms with E-state index in [1.807, 2.05) is 24.3 Å². The van der Waals surface area contributed by atoms with Gasteiger partial charge in [0.1, 0.15) is 0 Å². The molecule has 0 spiro atoms. The Morgan fingerprint density at radius 3 is 2.80 bits per heavy atom. The summed E-state index contributed by atoms with van der Waals surface area (Å²) in [5.41, 5.74) is 2.34. The summed E-state index contributed by atoms with van der Waals surface area (Å²) in [6.45, 7) is 0.789. The van der Waals surface area contributed by atoms with Gasteiger partial charge in [-0.1, -0.05) is 35.9 Å². The number of carbonyl (C=O) groups excluding carboxylic acids is 1. The van der Waals surface area contributed by atoms with E-state index in [0.29, 0.717) is 12.8 Å². The summed E-state index contributed by atoms with van der Waals surface area (Å²) >= 11 is 9.76. The van der Waals surface area contributed by atoms with Gasteiger partial charge in [-0.25, -0.2) is 0 Å². The van der Waals surface area contributed by atoms with Gasteiger partial charge >= 0.3 is 0 Å². The Hall–Kier alpha value is -1.62. The van der Waals surface area contributed by atoms with Crippen molar-refractivity contribution >= 4 is 40.2 Å². The fourth-order valence-electron chi connectivity index (χ4n) is 3.43.